The zero-order valence-electron chi connectivity index (χ0n) is 11.9. The fourth-order valence-corrected chi connectivity index (χ4v) is 1.74. The zero-order valence-corrected chi connectivity index (χ0v) is 11.9. The first-order valence-corrected chi connectivity index (χ1v) is 6.30. The van der Waals surface area contributed by atoms with Gasteiger partial charge in [0.1, 0.15) is 12.0 Å². The van der Waals surface area contributed by atoms with E-state index in [1.54, 1.807) is 0 Å². The molecule has 1 heterocycles. The number of carbonyl (C=O) groups is 1. The van der Waals surface area contributed by atoms with Gasteiger partial charge in [-0.05, 0) is 18.2 Å². The summed E-state index contributed by atoms with van der Waals surface area (Å²) >= 11 is 0. The second kappa shape index (κ2) is 6.64. The number of aromatic nitrogens is 2. The molecule has 2 rings (SSSR count). The Morgan fingerprint density at radius 1 is 1.52 bits per heavy atom. The maximum absolute atomic E-state index is 13.7. The molecule has 2 aromatic rings. The van der Waals surface area contributed by atoms with Gasteiger partial charge in [0.15, 0.2) is 0 Å². The van der Waals surface area contributed by atoms with E-state index >= 15 is 0 Å². The van der Waals surface area contributed by atoms with E-state index in [1.807, 2.05) is 0 Å². The summed E-state index contributed by atoms with van der Waals surface area (Å²) in [5.41, 5.74) is 5.38. The minimum atomic E-state index is -0.710. The molecule has 1 aromatic carbocycles. The van der Waals surface area contributed by atoms with E-state index in [9.17, 15) is 19.3 Å². The Morgan fingerprint density at radius 3 is 2.87 bits per heavy atom. The van der Waals surface area contributed by atoms with Crippen LogP contribution in [0.4, 0.5) is 21.8 Å². The van der Waals surface area contributed by atoms with Gasteiger partial charge in [-0.2, -0.15) is 4.98 Å². The minimum Gasteiger partial charge on any atom is -0.465 e. The van der Waals surface area contributed by atoms with Crippen molar-refractivity contribution >= 4 is 23.4 Å². The van der Waals surface area contributed by atoms with Crippen LogP contribution in [0.1, 0.15) is 15.9 Å². The molecule has 0 atom stereocenters. The summed E-state index contributed by atoms with van der Waals surface area (Å²) in [5.74, 6) is -1.45. The summed E-state index contributed by atoms with van der Waals surface area (Å²) in [6, 6.07) is 3.75. The molecule has 1 aromatic heterocycles. The Hall–Kier alpha value is -3.30. The van der Waals surface area contributed by atoms with Gasteiger partial charge in [-0.3, -0.25) is 10.1 Å². The fourth-order valence-electron chi connectivity index (χ4n) is 1.74. The second-order valence-electron chi connectivity index (χ2n) is 4.37. The number of ether oxygens (including phenoxy) is 1. The van der Waals surface area contributed by atoms with Crippen LogP contribution in [0.2, 0.25) is 0 Å². The van der Waals surface area contributed by atoms with E-state index in [-0.39, 0.29) is 29.4 Å². The number of nitrogens with two attached hydrogens (primary N) is 1. The number of rotatable bonds is 5. The Kier molecular flexibility index (Phi) is 4.64. The third-order valence-electron chi connectivity index (χ3n) is 2.90. The SMILES string of the molecule is COC(=O)c1ccc(F)c(CNc2ncc([N+](=O)[O-])c(N)n2)c1. The van der Waals surface area contributed by atoms with E-state index in [0.717, 1.165) is 12.3 Å². The van der Waals surface area contributed by atoms with Crippen molar-refractivity contribution < 1.29 is 18.8 Å². The lowest BCUT2D eigenvalue weighted by molar-refractivity contribution is -0.384. The molecule has 0 saturated carbocycles. The van der Waals surface area contributed by atoms with Gasteiger partial charge in [0.25, 0.3) is 0 Å². The van der Waals surface area contributed by atoms with Crippen LogP contribution in [0, 0.1) is 15.9 Å². The van der Waals surface area contributed by atoms with E-state index in [1.165, 1.54) is 19.2 Å². The van der Waals surface area contributed by atoms with Gasteiger partial charge >= 0.3 is 11.7 Å². The number of hydrogen-bond acceptors (Lipinski definition) is 8. The topological polar surface area (TPSA) is 133 Å². The van der Waals surface area contributed by atoms with Crippen LogP contribution in [0.15, 0.2) is 24.4 Å². The van der Waals surface area contributed by atoms with Gasteiger partial charge in [-0.1, -0.05) is 0 Å². The molecule has 9 nitrogen and oxygen atoms in total. The van der Waals surface area contributed by atoms with Crippen LogP contribution in [-0.2, 0) is 11.3 Å². The molecule has 0 aliphatic rings. The molecule has 0 fully saturated rings. The standard InChI is InChI=1S/C13H12FN5O4/c1-23-12(20)7-2-3-9(14)8(4-7)5-16-13-17-6-10(19(21)22)11(15)18-13/h2-4,6H,5H2,1H3,(H3,15,16,17,18). The summed E-state index contributed by atoms with van der Waals surface area (Å²) in [7, 11) is 1.22. The highest BCUT2D eigenvalue weighted by Crippen LogP contribution is 2.19. The van der Waals surface area contributed by atoms with Crippen molar-refractivity contribution in [3.63, 3.8) is 0 Å². The number of nitrogens with zero attached hydrogens (tertiary/aromatic N) is 3. The van der Waals surface area contributed by atoms with Crippen molar-refractivity contribution in [2.45, 2.75) is 6.54 Å². The predicted octanol–water partition coefficient (Wildman–Crippen LogP) is 1.50. The van der Waals surface area contributed by atoms with Crippen molar-refractivity contribution in [2.24, 2.45) is 0 Å². The van der Waals surface area contributed by atoms with Gasteiger partial charge in [0, 0.05) is 12.1 Å². The van der Waals surface area contributed by atoms with Crippen LogP contribution >= 0.6 is 0 Å². The number of hydrogen-bond donors (Lipinski definition) is 2. The zero-order chi connectivity index (χ0) is 17.0. The molecule has 23 heavy (non-hydrogen) atoms. The highest BCUT2D eigenvalue weighted by molar-refractivity contribution is 5.89. The molecule has 0 aliphatic heterocycles. The van der Waals surface area contributed by atoms with Crippen molar-refractivity contribution in [3.05, 3.63) is 51.5 Å². The Labute approximate surface area is 129 Å². The molecule has 3 N–H and O–H groups in total. The van der Waals surface area contributed by atoms with E-state index in [2.05, 4.69) is 20.0 Å². The molecule has 0 radical (unpaired) electrons. The number of methoxy groups -OCH3 is 1. The number of nitrogens with one attached hydrogen (secondary N) is 1. The number of halogens is 1. The van der Waals surface area contributed by atoms with Gasteiger partial charge in [-0.25, -0.2) is 14.2 Å². The molecule has 0 unspecified atom stereocenters. The van der Waals surface area contributed by atoms with Crippen LogP contribution in [0.5, 0.6) is 0 Å². The van der Waals surface area contributed by atoms with Crippen molar-refractivity contribution in [3.8, 4) is 0 Å². The summed E-state index contributed by atoms with van der Waals surface area (Å²) in [6.07, 6.45) is 0.950. The van der Waals surface area contributed by atoms with Gasteiger partial charge < -0.3 is 15.8 Å². The van der Waals surface area contributed by atoms with Gasteiger partial charge in [-0.15, -0.1) is 0 Å². The van der Waals surface area contributed by atoms with Crippen LogP contribution < -0.4 is 11.1 Å². The van der Waals surface area contributed by atoms with Crippen LogP contribution in [-0.4, -0.2) is 28.0 Å². The first kappa shape index (κ1) is 16.1. The number of nitrogen functional groups attached to an aromatic ring is 1. The molecule has 0 spiro atoms. The third kappa shape index (κ3) is 3.67. The van der Waals surface area contributed by atoms with E-state index in [4.69, 9.17) is 5.73 Å². The number of nitro groups is 1. The monoisotopic (exact) mass is 321 g/mol. The highest BCUT2D eigenvalue weighted by Gasteiger charge is 2.15. The maximum Gasteiger partial charge on any atom is 0.337 e. The Balaban J connectivity index is 2.16. The van der Waals surface area contributed by atoms with Gasteiger partial charge in [0.2, 0.25) is 11.8 Å². The van der Waals surface area contributed by atoms with Crippen LogP contribution in [0.25, 0.3) is 0 Å². The van der Waals surface area contributed by atoms with Crippen molar-refractivity contribution in [2.75, 3.05) is 18.2 Å². The largest absolute Gasteiger partial charge is 0.465 e. The molecule has 0 aliphatic carbocycles. The van der Waals surface area contributed by atoms with E-state index in [0.29, 0.717) is 0 Å². The first-order valence-electron chi connectivity index (χ1n) is 6.30. The Bertz CT molecular complexity index is 768. The quantitative estimate of drug-likeness (QED) is 0.481. The number of anilines is 2. The number of carbonyl (C=O) groups excluding carboxylic acids is 1. The molecular weight excluding hydrogens is 309 g/mol. The minimum absolute atomic E-state index is 0.00373. The normalized spacial score (nSPS) is 10.2. The van der Waals surface area contributed by atoms with E-state index < -0.39 is 22.4 Å². The smallest absolute Gasteiger partial charge is 0.337 e. The summed E-state index contributed by atoms with van der Waals surface area (Å²) in [4.78, 5) is 28.8. The van der Waals surface area contributed by atoms with Crippen molar-refractivity contribution in [1.29, 1.82) is 0 Å². The van der Waals surface area contributed by atoms with Crippen molar-refractivity contribution in [1.82, 2.24) is 9.97 Å². The molecule has 120 valence electrons. The molecule has 0 bridgehead atoms. The average Bonchev–Trinajstić information content (AvgIpc) is 2.53. The van der Waals surface area contributed by atoms with Crippen LogP contribution in [0.3, 0.4) is 0 Å². The molecule has 0 amide bonds. The lowest BCUT2D eigenvalue weighted by atomic mass is 10.1. The lowest BCUT2D eigenvalue weighted by Gasteiger charge is -2.08. The number of benzene rings is 1. The molecule has 0 saturated heterocycles. The fraction of sp³-hybridized carbons (Fsp3) is 0.154. The maximum atomic E-state index is 13.7. The molecular formula is C13H12FN5O4. The number of esters is 1. The third-order valence-corrected chi connectivity index (χ3v) is 2.90. The Morgan fingerprint density at radius 2 is 2.26 bits per heavy atom. The van der Waals surface area contributed by atoms with Gasteiger partial charge in [0.05, 0.1) is 17.6 Å². The highest BCUT2D eigenvalue weighted by atomic mass is 19.1. The molecule has 10 heteroatoms. The summed E-state index contributed by atoms with van der Waals surface area (Å²) < 4.78 is 18.3. The summed E-state index contributed by atoms with van der Waals surface area (Å²) in [6.45, 7) is -0.0477. The average molecular weight is 321 g/mol. The predicted molar refractivity (Wildman–Crippen MR) is 78.2 cm³/mol. The lowest BCUT2D eigenvalue weighted by Crippen LogP contribution is -2.09. The first-order chi connectivity index (χ1) is 10.9. The second-order valence-corrected chi connectivity index (χ2v) is 4.37. The summed E-state index contributed by atoms with van der Waals surface area (Å²) in [5, 5.41) is 13.3.